The Morgan fingerprint density at radius 1 is 1.00 bits per heavy atom. The summed E-state index contributed by atoms with van der Waals surface area (Å²) in [6, 6.07) is -2.89. The van der Waals surface area contributed by atoms with Gasteiger partial charge in [-0.25, -0.2) is 4.79 Å². The Balaban J connectivity index is 1.92. The van der Waals surface area contributed by atoms with Crippen LogP contribution in [0, 0.1) is 11.8 Å². The number of carbonyl (C=O) groups excluding carboxylic acids is 3. The van der Waals surface area contributed by atoms with Crippen molar-refractivity contribution in [3.05, 3.63) is 0 Å². The van der Waals surface area contributed by atoms with Crippen LogP contribution in [0.1, 0.15) is 85.3 Å². The second-order valence-corrected chi connectivity index (χ2v) is 10.1. The number of aliphatic carboxylic acids is 2. The Kier molecular flexibility index (Phi) is 12.7. The molecule has 0 aromatic rings. The molecule has 2 fully saturated rings. The number of rotatable bonds is 15. The van der Waals surface area contributed by atoms with E-state index in [9.17, 15) is 34.2 Å². The largest absolute Gasteiger partial charge is 0.481 e. The lowest BCUT2D eigenvalue weighted by molar-refractivity contribution is -0.144. The number of nitrogens with one attached hydrogen (secondary N) is 3. The van der Waals surface area contributed by atoms with E-state index in [1.54, 1.807) is 6.92 Å². The summed E-state index contributed by atoms with van der Waals surface area (Å²) in [7, 11) is 0. The zero-order valence-corrected chi connectivity index (χ0v) is 21.9. The molecule has 1 aliphatic heterocycles. The van der Waals surface area contributed by atoms with Gasteiger partial charge in [-0.2, -0.15) is 0 Å². The van der Waals surface area contributed by atoms with Crippen LogP contribution in [0.4, 0.5) is 0 Å². The molecule has 1 saturated carbocycles. The van der Waals surface area contributed by atoms with Crippen LogP contribution in [0.2, 0.25) is 0 Å². The molecule has 2 aliphatic rings. The molecule has 1 saturated heterocycles. The normalized spacial score (nSPS) is 19.6. The second-order valence-electron chi connectivity index (χ2n) is 10.1. The summed E-state index contributed by atoms with van der Waals surface area (Å²) in [6.45, 7) is 3.66. The maximum Gasteiger partial charge on any atom is 0.326 e. The lowest BCUT2D eigenvalue weighted by Gasteiger charge is -2.27. The standard InChI is InChI=1S/C26H44N4O7/c1-2-30(23(32)10-6-9-18-11-13-27-14-12-18)17-22(31)28-20(16-24(33)34)25(35)29-21(26(36)37)15-19-7-4-3-5-8-19/h18-21,27H,2-17H2,1H3,(H,28,31)(H,29,35)(H,33,34)(H,36,37)/t20-,21-/m0/s1/i19D. The first-order valence-corrected chi connectivity index (χ1v) is 13.6. The zero-order valence-electron chi connectivity index (χ0n) is 22.9. The molecule has 0 spiro atoms. The van der Waals surface area contributed by atoms with E-state index in [1.165, 1.54) is 4.90 Å². The van der Waals surface area contributed by atoms with Crippen molar-refractivity contribution in [1.82, 2.24) is 20.9 Å². The second kappa shape index (κ2) is 16.2. The van der Waals surface area contributed by atoms with Gasteiger partial charge in [0.1, 0.15) is 12.1 Å². The molecule has 0 unspecified atom stereocenters. The number of nitrogens with zero attached hydrogens (tertiary/aromatic N) is 1. The minimum absolute atomic E-state index is 0.0999. The Labute approximate surface area is 220 Å². The lowest BCUT2D eigenvalue weighted by Crippen LogP contribution is -2.54. The number of hydrogen-bond acceptors (Lipinski definition) is 6. The number of amides is 3. The van der Waals surface area contributed by atoms with Crippen molar-refractivity contribution < 1.29 is 35.6 Å². The van der Waals surface area contributed by atoms with E-state index in [1.807, 2.05) is 0 Å². The van der Waals surface area contributed by atoms with Crippen LogP contribution in [0.25, 0.3) is 0 Å². The summed E-state index contributed by atoms with van der Waals surface area (Å²) in [6.07, 6.45) is 6.97. The molecule has 0 aromatic carbocycles. The summed E-state index contributed by atoms with van der Waals surface area (Å²) in [5.41, 5.74) is 0. The smallest absolute Gasteiger partial charge is 0.326 e. The molecule has 11 nitrogen and oxygen atoms in total. The van der Waals surface area contributed by atoms with Gasteiger partial charge in [0.05, 0.1) is 13.0 Å². The first-order chi connectivity index (χ1) is 18.0. The van der Waals surface area contributed by atoms with Crippen molar-refractivity contribution >= 4 is 29.7 Å². The summed E-state index contributed by atoms with van der Waals surface area (Å²) < 4.78 is 8.55. The molecule has 3 amide bonds. The first-order valence-electron chi connectivity index (χ1n) is 14.1. The molecule has 5 N–H and O–H groups in total. The van der Waals surface area contributed by atoms with Crippen molar-refractivity contribution in [2.24, 2.45) is 11.8 Å². The van der Waals surface area contributed by atoms with Gasteiger partial charge in [-0.3, -0.25) is 19.2 Å². The fourth-order valence-corrected chi connectivity index (χ4v) is 5.06. The number of carbonyl (C=O) groups is 5. The summed E-state index contributed by atoms with van der Waals surface area (Å²) in [5.74, 6) is -4.87. The molecule has 1 aliphatic carbocycles. The van der Waals surface area contributed by atoms with Crippen molar-refractivity contribution in [3.8, 4) is 0 Å². The Hall–Kier alpha value is -2.69. The Morgan fingerprint density at radius 2 is 1.68 bits per heavy atom. The topological polar surface area (TPSA) is 165 Å². The van der Waals surface area contributed by atoms with Crippen LogP contribution in [0.15, 0.2) is 0 Å². The molecular weight excluding hydrogens is 480 g/mol. The van der Waals surface area contributed by atoms with E-state index in [-0.39, 0.29) is 25.4 Å². The maximum atomic E-state index is 12.9. The average molecular weight is 526 g/mol. The van der Waals surface area contributed by atoms with Gasteiger partial charge in [-0.1, -0.05) is 32.1 Å². The number of likely N-dealkylation sites (N-methyl/N-ethyl adjacent to an activating group) is 1. The summed E-state index contributed by atoms with van der Waals surface area (Å²) in [5, 5.41) is 26.9. The number of carboxylic acid groups (broad SMARTS) is 2. The zero-order chi connectivity index (χ0) is 28.1. The molecule has 0 bridgehead atoms. The molecule has 0 aromatic heterocycles. The Morgan fingerprint density at radius 3 is 2.27 bits per heavy atom. The lowest BCUT2D eigenvalue weighted by atomic mass is 9.85. The predicted octanol–water partition coefficient (Wildman–Crippen LogP) is 1.50. The van der Waals surface area contributed by atoms with E-state index >= 15 is 0 Å². The third kappa shape index (κ3) is 11.5. The van der Waals surface area contributed by atoms with Crippen LogP contribution in [-0.2, 0) is 24.0 Å². The van der Waals surface area contributed by atoms with Gasteiger partial charge in [-0.15, -0.1) is 0 Å². The van der Waals surface area contributed by atoms with Gasteiger partial charge < -0.3 is 31.1 Å². The monoisotopic (exact) mass is 525 g/mol. The molecule has 2 rings (SSSR count). The van der Waals surface area contributed by atoms with Crippen molar-refractivity contribution in [3.63, 3.8) is 0 Å². The van der Waals surface area contributed by atoms with Crippen LogP contribution < -0.4 is 16.0 Å². The van der Waals surface area contributed by atoms with Gasteiger partial charge in [0.15, 0.2) is 0 Å². The van der Waals surface area contributed by atoms with Crippen molar-refractivity contribution in [2.75, 3.05) is 26.2 Å². The first kappa shape index (κ1) is 28.9. The highest BCUT2D eigenvalue weighted by Gasteiger charge is 2.31. The average Bonchev–Trinajstić information content (AvgIpc) is 2.87. The van der Waals surface area contributed by atoms with Crippen molar-refractivity contribution in [1.29, 1.82) is 0 Å². The van der Waals surface area contributed by atoms with Gasteiger partial charge in [0.25, 0.3) is 0 Å². The molecule has 0 radical (unpaired) electrons. The van der Waals surface area contributed by atoms with Gasteiger partial charge in [0, 0.05) is 14.3 Å². The van der Waals surface area contributed by atoms with Gasteiger partial charge in [0.2, 0.25) is 17.7 Å². The number of carboxylic acids is 2. The van der Waals surface area contributed by atoms with E-state index in [0.717, 1.165) is 58.0 Å². The highest BCUT2D eigenvalue weighted by Crippen LogP contribution is 2.27. The third-order valence-electron chi connectivity index (χ3n) is 7.23. The van der Waals surface area contributed by atoms with E-state index < -0.39 is 48.2 Å². The molecule has 1 heterocycles. The van der Waals surface area contributed by atoms with E-state index in [2.05, 4.69) is 16.0 Å². The molecular formula is C26H44N4O7. The SMILES string of the molecule is [2H]C1(C[C@H](NC(=O)[C@H](CC(=O)O)NC(=O)CN(CC)C(=O)CCCC2CCNCC2)C(=O)O)CCCCC1. The molecule has 2 atom stereocenters. The fourth-order valence-electron chi connectivity index (χ4n) is 5.06. The maximum absolute atomic E-state index is 12.9. The van der Waals surface area contributed by atoms with Gasteiger partial charge in [-0.05, 0) is 63.9 Å². The minimum atomic E-state index is -1.51. The van der Waals surface area contributed by atoms with Crippen molar-refractivity contribution in [2.45, 2.75) is 96.1 Å². The molecule has 11 heteroatoms. The third-order valence-corrected chi connectivity index (χ3v) is 7.23. The van der Waals surface area contributed by atoms with Crippen LogP contribution in [0.3, 0.4) is 0 Å². The molecule has 210 valence electrons. The summed E-state index contributed by atoms with van der Waals surface area (Å²) >= 11 is 0. The van der Waals surface area contributed by atoms with E-state index in [4.69, 9.17) is 1.37 Å². The predicted molar refractivity (Wildman–Crippen MR) is 137 cm³/mol. The highest BCUT2D eigenvalue weighted by atomic mass is 16.4. The summed E-state index contributed by atoms with van der Waals surface area (Å²) in [4.78, 5) is 62.8. The minimum Gasteiger partial charge on any atom is -0.481 e. The van der Waals surface area contributed by atoms with Crippen LogP contribution in [-0.4, -0.2) is 83.0 Å². The molecule has 37 heavy (non-hydrogen) atoms. The van der Waals surface area contributed by atoms with E-state index in [0.29, 0.717) is 25.2 Å². The number of piperidine rings is 1. The van der Waals surface area contributed by atoms with Crippen LogP contribution in [0.5, 0.6) is 0 Å². The van der Waals surface area contributed by atoms with Gasteiger partial charge >= 0.3 is 11.9 Å². The fraction of sp³-hybridized carbons (Fsp3) is 0.808. The quantitative estimate of drug-likeness (QED) is 0.215. The van der Waals surface area contributed by atoms with Crippen LogP contribution >= 0.6 is 0 Å². The Bertz CT molecular complexity index is 828. The number of hydrogen-bond donors (Lipinski definition) is 5. The highest BCUT2D eigenvalue weighted by molar-refractivity contribution is 5.94.